The summed E-state index contributed by atoms with van der Waals surface area (Å²) in [6.07, 6.45) is 3.12. The zero-order chi connectivity index (χ0) is 19.8. The molecule has 1 aromatic carbocycles. The fraction of sp³-hybridized carbons (Fsp3) is 0.150. The number of furan rings is 1. The van der Waals surface area contributed by atoms with Crippen molar-refractivity contribution in [2.24, 2.45) is 0 Å². The van der Waals surface area contributed by atoms with Crippen LogP contribution in [0.15, 0.2) is 53.3 Å². The van der Waals surface area contributed by atoms with E-state index in [0.29, 0.717) is 28.1 Å². The Bertz CT molecular complexity index is 1170. The van der Waals surface area contributed by atoms with Gasteiger partial charge in [-0.25, -0.2) is 14.1 Å². The zero-order valence-corrected chi connectivity index (χ0v) is 15.9. The molecule has 1 N–H and O–H groups in total. The van der Waals surface area contributed by atoms with Crippen LogP contribution >= 0.6 is 11.6 Å². The number of aromatic nitrogens is 3. The van der Waals surface area contributed by atoms with Crippen molar-refractivity contribution >= 4 is 34.2 Å². The lowest BCUT2D eigenvalue weighted by Crippen LogP contribution is -2.14. The fourth-order valence-corrected chi connectivity index (χ4v) is 3.07. The number of hydrogen-bond acceptors (Lipinski definition) is 4. The van der Waals surface area contributed by atoms with Crippen molar-refractivity contribution in [3.05, 3.63) is 65.3 Å². The van der Waals surface area contributed by atoms with Gasteiger partial charge in [0.2, 0.25) is 0 Å². The van der Waals surface area contributed by atoms with E-state index in [9.17, 15) is 9.18 Å². The van der Waals surface area contributed by atoms with E-state index in [1.54, 1.807) is 29.1 Å². The minimum absolute atomic E-state index is 0.0372. The molecule has 0 aliphatic rings. The molecule has 8 heteroatoms. The SMILES string of the molecule is CC(C)n1ncc2c(C(=O)Nc3ccc(Cl)cc3F)cc(-c3ccco3)nc21. The van der Waals surface area contributed by atoms with E-state index in [-0.39, 0.29) is 16.8 Å². The first kappa shape index (κ1) is 18.2. The van der Waals surface area contributed by atoms with Crippen molar-refractivity contribution < 1.29 is 13.6 Å². The summed E-state index contributed by atoms with van der Waals surface area (Å²) in [5.41, 5.74) is 1.39. The highest BCUT2D eigenvalue weighted by atomic mass is 35.5. The molecule has 3 aromatic heterocycles. The summed E-state index contributed by atoms with van der Waals surface area (Å²) in [5.74, 6) is -0.579. The van der Waals surface area contributed by atoms with E-state index >= 15 is 0 Å². The summed E-state index contributed by atoms with van der Waals surface area (Å²) in [4.78, 5) is 17.6. The molecular formula is C20H16ClFN4O2. The maximum atomic E-state index is 14.1. The molecule has 0 spiro atoms. The van der Waals surface area contributed by atoms with Gasteiger partial charge in [-0.05, 0) is 50.2 Å². The van der Waals surface area contributed by atoms with Crippen LogP contribution in [0.2, 0.25) is 5.02 Å². The van der Waals surface area contributed by atoms with Gasteiger partial charge in [0.1, 0.15) is 11.5 Å². The molecule has 0 aliphatic carbocycles. The summed E-state index contributed by atoms with van der Waals surface area (Å²) in [5, 5.41) is 7.75. The predicted octanol–water partition coefficient (Wildman–Crippen LogP) is 5.32. The highest BCUT2D eigenvalue weighted by Crippen LogP contribution is 2.28. The van der Waals surface area contributed by atoms with Gasteiger partial charge in [0.15, 0.2) is 11.4 Å². The molecular weight excluding hydrogens is 383 g/mol. The Morgan fingerprint density at radius 3 is 2.79 bits per heavy atom. The Kier molecular flexibility index (Phi) is 4.60. The molecule has 0 unspecified atom stereocenters. The minimum atomic E-state index is -0.615. The van der Waals surface area contributed by atoms with E-state index in [4.69, 9.17) is 16.0 Å². The molecule has 0 saturated heterocycles. The van der Waals surface area contributed by atoms with Crippen LogP contribution in [0.1, 0.15) is 30.2 Å². The highest BCUT2D eigenvalue weighted by molar-refractivity contribution is 6.30. The van der Waals surface area contributed by atoms with Crippen molar-refractivity contribution in [1.29, 1.82) is 0 Å². The first-order valence-electron chi connectivity index (χ1n) is 8.62. The minimum Gasteiger partial charge on any atom is -0.463 e. The second-order valence-corrected chi connectivity index (χ2v) is 6.97. The number of halogens is 2. The number of carbonyl (C=O) groups is 1. The van der Waals surface area contributed by atoms with Gasteiger partial charge >= 0.3 is 0 Å². The molecule has 1 amide bonds. The smallest absolute Gasteiger partial charge is 0.256 e. The number of amides is 1. The number of nitrogens with one attached hydrogen (secondary N) is 1. The van der Waals surface area contributed by atoms with E-state index in [0.717, 1.165) is 6.07 Å². The Labute approximate surface area is 164 Å². The van der Waals surface area contributed by atoms with Crippen molar-refractivity contribution in [2.45, 2.75) is 19.9 Å². The quantitative estimate of drug-likeness (QED) is 0.505. The van der Waals surface area contributed by atoms with Gasteiger partial charge < -0.3 is 9.73 Å². The molecule has 3 heterocycles. The average molecular weight is 399 g/mol. The average Bonchev–Trinajstić information content (AvgIpc) is 3.32. The van der Waals surface area contributed by atoms with Gasteiger partial charge in [-0.3, -0.25) is 4.79 Å². The largest absolute Gasteiger partial charge is 0.463 e. The summed E-state index contributed by atoms with van der Waals surface area (Å²) in [7, 11) is 0. The van der Waals surface area contributed by atoms with Crippen LogP contribution in [0.5, 0.6) is 0 Å². The van der Waals surface area contributed by atoms with Crippen molar-refractivity contribution in [1.82, 2.24) is 14.8 Å². The van der Waals surface area contributed by atoms with Crippen molar-refractivity contribution in [3.8, 4) is 11.5 Å². The molecule has 0 aliphatic heterocycles. The molecule has 0 radical (unpaired) electrons. The topological polar surface area (TPSA) is 73.0 Å². The predicted molar refractivity (Wildman–Crippen MR) is 105 cm³/mol. The fourth-order valence-electron chi connectivity index (χ4n) is 2.91. The third kappa shape index (κ3) is 3.25. The van der Waals surface area contributed by atoms with Gasteiger partial charge in [-0.2, -0.15) is 5.10 Å². The Balaban J connectivity index is 1.83. The standard InChI is InChI=1S/C20H16ClFN4O2/c1-11(2)26-19-14(10-23-26)13(9-17(24-19)18-4-3-7-28-18)20(27)25-16-6-5-12(21)8-15(16)22/h3-11H,1-2H3,(H,25,27). The Morgan fingerprint density at radius 2 is 2.11 bits per heavy atom. The van der Waals surface area contributed by atoms with Gasteiger partial charge in [0.25, 0.3) is 5.91 Å². The monoisotopic (exact) mass is 398 g/mol. The molecule has 4 aromatic rings. The normalized spacial score (nSPS) is 11.3. The van der Waals surface area contributed by atoms with Crippen LogP contribution in [-0.2, 0) is 0 Å². The van der Waals surface area contributed by atoms with E-state index in [1.165, 1.54) is 18.4 Å². The number of anilines is 1. The van der Waals surface area contributed by atoms with Crippen LogP contribution in [-0.4, -0.2) is 20.7 Å². The second kappa shape index (κ2) is 7.09. The third-order valence-corrected chi connectivity index (χ3v) is 4.49. The number of benzene rings is 1. The molecule has 28 heavy (non-hydrogen) atoms. The van der Waals surface area contributed by atoms with Gasteiger partial charge in [-0.1, -0.05) is 11.6 Å². The van der Waals surface area contributed by atoms with Crippen LogP contribution in [0, 0.1) is 5.82 Å². The molecule has 142 valence electrons. The number of pyridine rings is 1. The van der Waals surface area contributed by atoms with Gasteiger partial charge in [-0.15, -0.1) is 0 Å². The highest BCUT2D eigenvalue weighted by Gasteiger charge is 2.20. The second-order valence-electron chi connectivity index (χ2n) is 6.53. The lowest BCUT2D eigenvalue weighted by Gasteiger charge is -2.11. The van der Waals surface area contributed by atoms with Crippen molar-refractivity contribution in [3.63, 3.8) is 0 Å². The third-order valence-electron chi connectivity index (χ3n) is 4.25. The van der Waals surface area contributed by atoms with Crippen LogP contribution in [0.4, 0.5) is 10.1 Å². The summed E-state index contributed by atoms with van der Waals surface area (Å²) < 4.78 is 21.3. The lowest BCUT2D eigenvalue weighted by atomic mass is 10.1. The van der Waals surface area contributed by atoms with E-state index in [2.05, 4.69) is 15.4 Å². The van der Waals surface area contributed by atoms with Crippen LogP contribution in [0.3, 0.4) is 0 Å². The van der Waals surface area contributed by atoms with Crippen molar-refractivity contribution in [2.75, 3.05) is 5.32 Å². The Morgan fingerprint density at radius 1 is 1.29 bits per heavy atom. The first-order valence-corrected chi connectivity index (χ1v) is 9.00. The van der Waals surface area contributed by atoms with E-state index in [1.807, 2.05) is 13.8 Å². The van der Waals surface area contributed by atoms with Crippen LogP contribution in [0.25, 0.3) is 22.5 Å². The number of rotatable bonds is 4. The molecule has 6 nitrogen and oxygen atoms in total. The maximum Gasteiger partial charge on any atom is 0.256 e. The molecule has 0 saturated carbocycles. The Hall–Kier alpha value is -3.19. The van der Waals surface area contributed by atoms with Crippen LogP contribution < -0.4 is 5.32 Å². The number of carbonyl (C=O) groups excluding carboxylic acids is 1. The lowest BCUT2D eigenvalue weighted by molar-refractivity contribution is 0.102. The summed E-state index contributed by atoms with van der Waals surface area (Å²) >= 11 is 5.78. The summed E-state index contributed by atoms with van der Waals surface area (Å²) in [6.45, 7) is 3.94. The number of fused-ring (bicyclic) bond motifs is 1. The number of nitrogens with zero attached hydrogens (tertiary/aromatic N) is 3. The first-order chi connectivity index (χ1) is 13.4. The van der Waals surface area contributed by atoms with Gasteiger partial charge in [0.05, 0.1) is 29.1 Å². The number of hydrogen-bond donors (Lipinski definition) is 1. The van der Waals surface area contributed by atoms with Gasteiger partial charge in [0, 0.05) is 11.1 Å². The maximum absolute atomic E-state index is 14.1. The van der Waals surface area contributed by atoms with E-state index < -0.39 is 11.7 Å². The molecule has 4 rings (SSSR count). The summed E-state index contributed by atoms with van der Waals surface area (Å²) in [6, 6.07) is 9.21. The molecule has 0 fully saturated rings. The molecule has 0 bridgehead atoms. The zero-order valence-electron chi connectivity index (χ0n) is 15.1. The molecule has 0 atom stereocenters.